The van der Waals surface area contributed by atoms with Gasteiger partial charge in [-0.2, -0.15) is 11.3 Å². The second-order valence-corrected chi connectivity index (χ2v) is 6.29. The van der Waals surface area contributed by atoms with Crippen LogP contribution in [0.15, 0.2) is 41.1 Å². The summed E-state index contributed by atoms with van der Waals surface area (Å²) >= 11 is 1.45. The number of ether oxygens (including phenoxy) is 1. The molecule has 1 fully saturated rings. The van der Waals surface area contributed by atoms with Gasteiger partial charge in [-0.05, 0) is 34.5 Å². The molecule has 1 aromatic heterocycles. The summed E-state index contributed by atoms with van der Waals surface area (Å²) in [7, 11) is 1.58. The van der Waals surface area contributed by atoms with E-state index in [4.69, 9.17) is 4.74 Å². The average molecular weight is 346 g/mol. The van der Waals surface area contributed by atoms with Crippen LogP contribution in [0.4, 0.5) is 5.69 Å². The van der Waals surface area contributed by atoms with Gasteiger partial charge in [0.05, 0.1) is 13.7 Å². The van der Waals surface area contributed by atoms with Crippen molar-refractivity contribution in [3.8, 4) is 5.75 Å². The first-order chi connectivity index (χ1) is 11.6. The van der Waals surface area contributed by atoms with E-state index in [0.717, 1.165) is 11.3 Å². The maximum absolute atomic E-state index is 12.6. The van der Waals surface area contributed by atoms with Gasteiger partial charge in [0.25, 0.3) is 0 Å². The van der Waals surface area contributed by atoms with Gasteiger partial charge in [0.15, 0.2) is 0 Å². The number of hydrogen-bond donors (Lipinski definition) is 1. The van der Waals surface area contributed by atoms with Crippen LogP contribution in [0.1, 0.15) is 11.6 Å². The van der Waals surface area contributed by atoms with Crippen molar-refractivity contribution in [2.24, 2.45) is 0 Å². The van der Waals surface area contributed by atoms with Gasteiger partial charge in [-0.25, -0.2) is 0 Å². The number of carbonyl (C=O) groups excluding carboxylic acids is 1. The van der Waals surface area contributed by atoms with Crippen molar-refractivity contribution in [2.45, 2.75) is 6.04 Å². The van der Waals surface area contributed by atoms with Crippen molar-refractivity contribution in [1.82, 2.24) is 4.90 Å². The van der Waals surface area contributed by atoms with Crippen molar-refractivity contribution in [2.75, 3.05) is 31.6 Å². The molecule has 1 aromatic carbocycles. The van der Waals surface area contributed by atoms with Crippen molar-refractivity contribution in [3.63, 3.8) is 0 Å². The van der Waals surface area contributed by atoms with Crippen molar-refractivity contribution in [3.05, 3.63) is 46.7 Å². The summed E-state index contributed by atoms with van der Waals surface area (Å²) in [4.78, 5) is 27.6. The Bertz CT molecular complexity index is 732. The molecule has 0 saturated carbocycles. The minimum absolute atomic E-state index is 0.0734. The van der Waals surface area contributed by atoms with Crippen molar-refractivity contribution in [1.29, 1.82) is 0 Å². The monoisotopic (exact) mass is 346 g/mol. The molecule has 0 bridgehead atoms. The van der Waals surface area contributed by atoms with Gasteiger partial charge in [-0.3, -0.25) is 14.5 Å². The van der Waals surface area contributed by atoms with Gasteiger partial charge in [-0.15, -0.1) is 0 Å². The molecule has 24 heavy (non-hydrogen) atoms. The highest BCUT2D eigenvalue weighted by atomic mass is 32.1. The van der Waals surface area contributed by atoms with Crippen LogP contribution in [-0.2, 0) is 9.59 Å². The zero-order valence-electron chi connectivity index (χ0n) is 13.2. The van der Waals surface area contributed by atoms with Crippen LogP contribution in [0.3, 0.4) is 0 Å². The average Bonchev–Trinajstić information content (AvgIpc) is 3.09. The third-order valence-corrected chi connectivity index (χ3v) is 4.77. The van der Waals surface area contributed by atoms with Gasteiger partial charge in [0.1, 0.15) is 11.8 Å². The summed E-state index contributed by atoms with van der Waals surface area (Å²) in [5.41, 5.74) is 1.48. The van der Waals surface area contributed by atoms with Gasteiger partial charge >= 0.3 is 5.97 Å². The third kappa shape index (κ3) is 3.27. The Balaban J connectivity index is 1.77. The number of thiophene rings is 1. The second-order valence-electron chi connectivity index (χ2n) is 5.51. The Morgan fingerprint density at radius 2 is 2.17 bits per heavy atom. The smallest absolute Gasteiger partial charge is 0.325 e. The number of benzene rings is 1. The lowest BCUT2D eigenvalue weighted by Crippen LogP contribution is -2.52. The standard InChI is InChI=1S/C17H18N2O4S/c1-23-14-4-2-3-13(9-14)19-7-6-18(10-15(19)20)16(17(21)22)12-5-8-24-11-12/h2-5,8-9,11,16H,6-7,10H2,1H3,(H,21,22)/t16-/m0/s1. The van der Waals surface area contributed by atoms with E-state index < -0.39 is 12.0 Å². The van der Waals surface area contributed by atoms with E-state index in [1.807, 2.05) is 29.0 Å². The molecular weight excluding hydrogens is 328 g/mol. The number of methoxy groups -OCH3 is 1. The minimum Gasteiger partial charge on any atom is -0.497 e. The summed E-state index contributed by atoms with van der Waals surface area (Å²) in [6.45, 7) is 1.01. The fourth-order valence-electron chi connectivity index (χ4n) is 2.90. The first-order valence-electron chi connectivity index (χ1n) is 7.53. The molecule has 1 amide bonds. The summed E-state index contributed by atoms with van der Waals surface area (Å²) in [5, 5.41) is 13.2. The number of carboxylic acid groups (broad SMARTS) is 1. The zero-order chi connectivity index (χ0) is 17.1. The van der Waals surface area contributed by atoms with E-state index in [9.17, 15) is 14.7 Å². The molecule has 7 heteroatoms. The van der Waals surface area contributed by atoms with Gasteiger partial charge in [0, 0.05) is 24.8 Å². The van der Waals surface area contributed by atoms with Gasteiger partial charge in [-0.1, -0.05) is 6.07 Å². The molecule has 2 aromatic rings. The number of rotatable bonds is 5. The van der Waals surface area contributed by atoms with E-state index in [0.29, 0.717) is 18.8 Å². The topological polar surface area (TPSA) is 70.1 Å². The van der Waals surface area contributed by atoms with Crippen LogP contribution >= 0.6 is 11.3 Å². The lowest BCUT2D eigenvalue weighted by Gasteiger charge is -2.37. The molecule has 0 aliphatic carbocycles. The highest BCUT2D eigenvalue weighted by Gasteiger charge is 2.34. The summed E-state index contributed by atoms with van der Waals surface area (Å²) in [6.07, 6.45) is 0. The number of aliphatic carboxylic acids is 1. The largest absolute Gasteiger partial charge is 0.497 e. The lowest BCUT2D eigenvalue weighted by molar-refractivity contribution is -0.144. The number of nitrogens with zero attached hydrogens (tertiary/aromatic N) is 2. The summed E-state index contributed by atoms with van der Waals surface area (Å²) < 4.78 is 5.20. The molecule has 0 spiro atoms. The normalized spacial score (nSPS) is 16.9. The molecule has 0 unspecified atom stereocenters. The van der Waals surface area contributed by atoms with Gasteiger partial charge in [0.2, 0.25) is 5.91 Å². The highest BCUT2D eigenvalue weighted by Crippen LogP contribution is 2.27. The van der Waals surface area contributed by atoms with E-state index >= 15 is 0 Å². The molecule has 0 radical (unpaired) electrons. The van der Waals surface area contributed by atoms with Gasteiger partial charge < -0.3 is 14.7 Å². The van der Waals surface area contributed by atoms with Crippen LogP contribution in [0.25, 0.3) is 0 Å². The summed E-state index contributed by atoms with van der Waals surface area (Å²) in [6, 6.07) is 8.32. The number of anilines is 1. The number of amides is 1. The number of carboxylic acids is 1. The van der Waals surface area contributed by atoms with Crippen LogP contribution in [0.5, 0.6) is 5.75 Å². The molecule has 1 atom stereocenters. The van der Waals surface area contributed by atoms with Crippen LogP contribution in [-0.4, -0.2) is 48.6 Å². The predicted octanol–water partition coefficient (Wildman–Crippen LogP) is 2.23. The third-order valence-electron chi connectivity index (χ3n) is 4.07. The van der Waals surface area contributed by atoms with Crippen molar-refractivity contribution >= 4 is 28.9 Å². The Morgan fingerprint density at radius 1 is 1.33 bits per heavy atom. The molecule has 1 N–H and O–H groups in total. The zero-order valence-corrected chi connectivity index (χ0v) is 14.0. The first-order valence-corrected chi connectivity index (χ1v) is 8.48. The van der Waals surface area contributed by atoms with Crippen LogP contribution in [0.2, 0.25) is 0 Å². The summed E-state index contributed by atoms with van der Waals surface area (Å²) in [5.74, 6) is -0.364. The Labute approximate surface area is 143 Å². The fraction of sp³-hybridized carbons (Fsp3) is 0.294. The first kappa shape index (κ1) is 16.5. The maximum atomic E-state index is 12.6. The molecule has 3 rings (SSSR count). The van der Waals surface area contributed by atoms with E-state index in [1.165, 1.54) is 11.3 Å². The molecule has 1 aliphatic heterocycles. The van der Waals surface area contributed by atoms with E-state index in [2.05, 4.69) is 0 Å². The Morgan fingerprint density at radius 3 is 2.79 bits per heavy atom. The van der Waals surface area contributed by atoms with E-state index in [-0.39, 0.29) is 12.5 Å². The Hall–Kier alpha value is -2.38. The molecule has 6 nitrogen and oxygen atoms in total. The number of carbonyl (C=O) groups is 2. The molecule has 1 saturated heterocycles. The Kier molecular flexibility index (Phi) is 4.82. The molecular formula is C17H18N2O4S. The molecule has 1 aliphatic rings. The predicted molar refractivity (Wildman–Crippen MR) is 91.6 cm³/mol. The SMILES string of the molecule is COc1cccc(N2CCN([C@H](C(=O)O)c3ccsc3)CC2=O)c1. The quantitative estimate of drug-likeness (QED) is 0.899. The minimum atomic E-state index is -0.934. The number of piperazine rings is 1. The van der Waals surface area contributed by atoms with E-state index in [1.54, 1.807) is 29.0 Å². The lowest BCUT2D eigenvalue weighted by atomic mass is 10.1. The number of hydrogen-bond acceptors (Lipinski definition) is 5. The highest BCUT2D eigenvalue weighted by molar-refractivity contribution is 7.08. The molecule has 2 heterocycles. The van der Waals surface area contributed by atoms with Crippen molar-refractivity contribution < 1.29 is 19.4 Å². The fourth-order valence-corrected chi connectivity index (χ4v) is 3.58. The van der Waals surface area contributed by atoms with Crippen LogP contribution < -0.4 is 9.64 Å². The maximum Gasteiger partial charge on any atom is 0.325 e. The van der Waals surface area contributed by atoms with Crippen LogP contribution in [0, 0.1) is 0 Å². The second kappa shape index (κ2) is 7.02. The molecule has 126 valence electrons.